The van der Waals surface area contributed by atoms with Gasteiger partial charge in [-0.3, -0.25) is 18.4 Å². The van der Waals surface area contributed by atoms with Crippen LogP contribution in [0.4, 0.5) is 0 Å². The van der Waals surface area contributed by atoms with Crippen molar-refractivity contribution in [3.05, 3.63) is 23.6 Å². The van der Waals surface area contributed by atoms with Crippen LogP contribution >= 0.6 is 7.82 Å². The first-order valence-corrected chi connectivity index (χ1v) is 11.8. The molecule has 2 saturated heterocycles. The molecule has 2 aliphatic rings. The van der Waals surface area contributed by atoms with Crippen LogP contribution in [0.15, 0.2) is 6.33 Å². The molecule has 184 valence electrons. The third-order valence-electron chi connectivity index (χ3n) is 4.65. The van der Waals surface area contributed by atoms with E-state index in [9.17, 15) is 9.36 Å². The molecule has 0 radical (unpaired) electrons. The third kappa shape index (κ3) is 6.56. The van der Waals surface area contributed by atoms with Crippen LogP contribution in [0.1, 0.15) is 37.6 Å². The minimum absolute atomic E-state index is 0.00545. The van der Waals surface area contributed by atoms with E-state index >= 15 is 0 Å². The van der Waals surface area contributed by atoms with Crippen LogP contribution in [-0.2, 0) is 37.1 Å². The molecular formula is C18H28N5O9P. The molecule has 3 heterocycles. The fourth-order valence-electron chi connectivity index (χ4n) is 3.34. The molecule has 3 rings (SSSR count). The van der Waals surface area contributed by atoms with E-state index in [0.717, 1.165) is 0 Å². The van der Waals surface area contributed by atoms with Crippen molar-refractivity contribution in [3.8, 4) is 0 Å². The maximum Gasteiger partial charge on any atom is 0.475 e. The van der Waals surface area contributed by atoms with E-state index in [1.807, 2.05) is 6.92 Å². The molecule has 2 unspecified atom stereocenters. The number of amides is 1. The van der Waals surface area contributed by atoms with Gasteiger partial charge in [-0.25, -0.2) is 20.8 Å². The lowest BCUT2D eigenvalue weighted by molar-refractivity contribution is -0.201. The Hall–Kier alpha value is -1.95. The van der Waals surface area contributed by atoms with E-state index in [2.05, 4.69) is 14.9 Å². The van der Waals surface area contributed by atoms with Crippen molar-refractivity contribution >= 4 is 13.7 Å². The van der Waals surface area contributed by atoms with Crippen molar-refractivity contribution in [3.63, 3.8) is 0 Å². The van der Waals surface area contributed by atoms with Gasteiger partial charge in [-0.05, 0) is 20.8 Å². The van der Waals surface area contributed by atoms with Gasteiger partial charge in [-0.1, -0.05) is 0 Å². The highest BCUT2D eigenvalue weighted by Crippen LogP contribution is 2.51. The monoisotopic (exact) mass is 489 g/mol. The summed E-state index contributed by atoms with van der Waals surface area (Å²) in [5.41, 5.74) is 5.23. The predicted octanol–water partition coefficient (Wildman–Crippen LogP) is 0.908. The quantitative estimate of drug-likeness (QED) is 0.238. The average Bonchev–Trinajstić information content (AvgIpc) is 3.44. The number of phosphoric ester groups is 1. The van der Waals surface area contributed by atoms with Crippen molar-refractivity contribution < 1.29 is 41.9 Å². The number of rotatable bonds is 13. The predicted molar refractivity (Wildman–Crippen MR) is 110 cm³/mol. The van der Waals surface area contributed by atoms with Gasteiger partial charge in [0.25, 0.3) is 5.91 Å². The van der Waals surface area contributed by atoms with Crippen molar-refractivity contribution in [1.29, 1.82) is 0 Å². The molecule has 0 aromatic carbocycles. The first kappa shape index (κ1) is 25.7. The number of carbonyl (C=O) groups is 1. The number of nitrogens with zero attached hydrogens (tertiary/aromatic N) is 4. The second kappa shape index (κ2) is 11.0. The Morgan fingerprint density at radius 1 is 1.27 bits per heavy atom. The van der Waals surface area contributed by atoms with Gasteiger partial charge >= 0.3 is 7.82 Å². The van der Waals surface area contributed by atoms with Gasteiger partial charge in [0.1, 0.15) is 31.2 Å². The Kier molecular flexibility index (Phi) is 8.54. The van der Waals surface area contributed by atoms with Crippen molar-refractivity contribution in [2.75, 3.05) is 39.6 Å². The molecule has 1 amide bonds. The molecular weight excluding hydrogens is 461 g/mol. The molecule has 2 aliphatic heterocycles. The molecule has 33 heavy (non-hydrogen) atoms. The van der Waals surface area contributed by atoms with Crippen LogP contribution in [0.25, 0.3) is 4.85 Å². The number of primary amides is 1. The molecule has 0 saturated carbocycles. The summed E-state index contributed by atoms with van der Waals surface area (Å²) in [5.74, 6) is -1.88. The molecule has 2 fully saturated rings. The molecule has 1 aromatic heterocycles. The van der Waals surface area contributed by atoms with E-state index in [0.29, 0.717) is 6.61 Å². The molecule has 5 atom stereocenters. The number of hydrogen-bond donors (Lipinski definition) is 1. The maximum absolute atomic E-state index is 13.0. The van der Waals surface area contributed by atoms with Gasteiger partial charge in [0, 0.05) is 6.61 Å². The highest BCUT2D eigenvalue weighted by molar-refractivity contribution is 7.48. The summed E-state index contributed by atoms with van der Waals surface area (Å²) >= 11 is 0. The fourth-order valence-corrected chi connectivity index (χ4v) is 4.50. The number of hydrogen-bond acceptors (Lipinski definition) is 11. The Morgan fingerprint density at radius 3 is 2.67 bits per heavy atom. The lowest BCUT2D eigenvalue weighted by Gasteiger charge is -2.25. The summed E-state index contributed by atoms with van der Waals surface area (Å²) in [7, 11) is -4.01. The molecule has 0 aliphatic carbocycles. The second-order valence-electron chi connectivity index (χ2n) is 7.53. The summed E-state index contributed by atoms with van der Waals surface area (Å²) in [6, 6.07) is 0. The van der Waals surface area contributed by atoms with Gasteiger partial charge in [-0.2, -0.15) is 0 Å². The van der Waals surface area contributed by atoms with E-state index in [-0.39, 0.29) is 38.8 Å². The minimum Gasteiger partial charge on any atom is -0.379 e. The van der Waals surface area contributed by atoms with Crippen molar-refractivity contribution in [2.24, 2.45) is 5.73 Å². The van der Waals surface area contributed by atoms with Gasteiger partial charge in [0.2, 0.25) is 12.4 Å². The zero-order valence-electron chi connectivity index (χ0n) is 18.6. The number of phosphoric acid groups is 1. The highest BCUT2D eigenvalue weighted by Gasteiger charge is 2.56. The number of carbonyl (C=O) groups excluding carboxylic acids is 1. The number of aromatic nitrogens is 3. The van der Waals surface area contributed by atoms with Gasteiger partial charge < -0.3 is 29.5 Å². The highest BCUT2D eigenvalue weighted by atomic mass is 31.2. The zero-order chi connectivity index (χ0) is 24.1. The molecule has 15 heteroatoms. The van der Waals surface area contributed by atoms with E-state index in [1.54, 1.807) is 13.8 Å². The van der Waals surface area contributed by atoms with Crippen molar-refractivity contribution in [2.45, 2.75) is 51.1 Å². The van der Waals surface area contributed by atoms with Gasteiger partial charge in [0.15, 0.2) is 12.0 Å². The molecule has 1 aromatic rings. The summed E-state index contributed by atoms with van der Waals surface area (Å²) in [5, 5.41) is 4.03. The van der Waals surface area contributed by atoms with E-state index < -0.39 is 44.1 Å². The summed E-state index contributed by atoms with van der Waals surface area (Å²) in [6.45, 7) is 12.4. The van der Waals surface area contributed by atoms with Crippen LogP contribution < -0.4 is 5.73 Å². The lowest BCUT2D eigenvalue weighted by Crippen LogP contribution is -2.33. The van der Waals surface area contributed by atoms with E-state index in [4.69, 9.17) is 44.8 Å². The van der Waals surface area contributed by atoms with Crippen LogP contribution in [0.3, 0.4) is 0 Å². The van der Waals surface area contributed by atoms with Crippen LogP contribution in [0.2, 0.25) is 0 Å². The summed E-state index contributed by atoms with van der Waals surface area (Å²) in [4.78, 5) is 18.4. The Balaban J connectivity index is 1.70. The standard InChI is InChI=1S/C18H28N5O9P/c1-5-26-8-9-28-33(25,27-7-6-20-4)29-10-12-13-14(32-18(2,3)31-13)17(30-12)23-11-21-16(22-23)15(19)24/h11-14,17H,5-10H2,1-3H3,(H2,19,24)/t12-,13+,14?,17-,33?/m1/s1. The normalized spacial score (nSPS) is 27.7. The van der Waals surface area contributed by atoms with Gasteiger partial charge in [-0.15, -0.1) is 5.10 Å². The van der Waals surface area contributed by atoms with Gasteiger partial charge in [0.05, 0.1) is 19.8 Å². The summed E-state index contributed by atoms with van der Waals surface area (Å²) < 4.78 is 53.5. The first-order chi connectivity index (χ1) is 15.7. The summed E-state index contributed by atoms with van der Waals surface area (Å²) in [6.07, 6.45) is -1.46. The molecule has 14 nitrogen and oxygen atoms in total. The first-order valence-electron chi connectivity index (χ1n) is 10.3. The van der Waals surface area contributed by atoms with Crippen LogP contribution in [0.5, 0.6) is 0 Å². The second-order valence-corrected chi connectivity index (χ2v) is 9.20. The number of nitrogens with two attached hydrogens (primary N) is 1. The Bertz CT molecular complexity index is 904. The third-order valence-corrected chi connectivity index (χ3v) is 6.11. The molecule has 2 N–H and O–H groups in total. The lowest BCUT2D eigenvalue weighted by atomic mass is 10.1. The Morgan fingerprint density at radius 2 is 2.00 bits per heavy atom. The average molecular weight is 489 g/mol. The molecule has 0 spiro atoms. The Labute approximate surface area is 191 Å². The number of ether oxygens (including phenoxy) is 4. The van der Waals surface area contributed by atoms with Crippen LogP contribution in [0, 0.1) is 6.57 Å². The zero-order valence-corrected chi connectivity index (χ0v) is 19.5. The largest absolute Gasteiger partial charge is 0.475 e. The number of fused-ring (bicyclic) bond motifs is 1. The topological polar surface area (TPSA) is 160 Å². The van der Waals surface area contributed by atoms with E-state index in [1.165, 1.54) is 11.0 Å². The van der Waals surface area contributed by atoms with Crippen LogP contribution in [-0.4, -0.2) is 84.3 Å². The fraction of sp³-hybridized carbons (Fsp3) is 0.778. The maximum atomic E-state index is 13.0. The van der Waals surface area contributed by atoms with Crippen molar-refractivity contribution in [1.82, 2.24) is 14.8 Å². The molecule has 0 bridgehead atoms. The smallest absolute Gasteiger partial charge is 0.379 e. The minimum atomic E-state index is -4.01. The SMILES string of the molecule is [C-]#[N+]CCOP(=O)(OCCOCC)OC[C@H]1O[C@@H](n2cnc(C(N)=O)n2)C2OC(C)(C)O[C@H]21.